The first-order valence-electron chi connectivity index (χ1n) is 9.46. The Balaban J connectivity index is 1.36. The number of carbonyl (C=O) groups excluding carboxylic acids is 1. The van der Waals surface area contributed by atoms with Gasteiger partial charge >= 0.3 is 0 Å². The SMILES string of the molecule is O=C(NC12CC3CC(CC(C3)C1)C2)c1cc(-c2ccc(Cl)cc2Cl)c[nH]1. The lowest BCUT2D eigenvalue weighted by Crippen LogP contribution is -2.59. The zero-order valence-electron chi connectivity index (χ0n) is 14.5. The molecule has 2 N–H and O–H groups in total. The van der Waals surface area contributed by atoms with Gasteiger partial charge in [-0.1, -0.05) is 29.3 Å². The van der Waals surface area contributed by atoms with Gasteiger partial charge in [-0.05, 0) is 74.5 Å². The van der Waals surface area contributed by atoms with Gasteiger partial charge in [-0.25, -0.2) is 0 Å². The highest BCUT2D eigenvalue weighted by molar-refractivity contribution is 6.36. The van der Waals surface area contributed by atoms with Crippen molar-refractivity contribution in [2.24, 2.45) is 17.8 Å². The molecular formula is C21H22Cl2N2O. The van der Waals surface area contributed by atoms with Crippen LogP contribution in [0.25, 0.3) is 11.1 Å². The third-order valence-corrected chi connectivity index (χ3v) is 7.13. The monoisotopic (exact) mass is 388 g/mol. The number of amides is 1. The third kappa shape index (κ3) is 2.86. The number of aromatic nitrogens is 1. The van der Waals surface area contributed by atoms with Gasteiger partial charge in [-0.15, -0.1) is 0 Å². The number of benzene rings is 1. The number of hydrogen-bond donors (Lipinski definition) is 2. The molecule has 0 atom stereocenters. The zero-order chi connectivity index (χ0) is 17.9. The van der Waals surface area contributed by atoms with Crippen molar-refractivity contribution in [3.63, 3.8) is 0 Å². The molecule has 1 amide bonds. The number of rotatable bonds is 3. The highest BCUT2D eigenvalue weighted by atomic mass is 35.5. The topological polar surface area (TPSA) is 44.9 Å². The van der Waals surface area contributed by atoms with Gasteiger partial charge in [-0.3, -0.25) is 4.79 Å². The van der Waals surface area contributed by atoms with Crippen LogP contribution in [0, 0.1) is 17.8 Å². The molecule has 1 aromatic carbocycles. The van der Waals surface area contributed by atoms with Crippen LogP contribution in [0.1, 0.15) is 49.0 Å². The molecule has 4 saturated carbocycles. The molecule has 136 valence electrons. The van der Waals surface area contributed by atoms with Crippen molar-refractivity contribution in [1.82, 2.24) is 10.3 Å². The van der Waals surface area contributed by atoms with Gasteiger partial charge in [0.25, 0.3) is 5.91 Å². The van der Waals surface area contributed by atoms with Crippen molar-refractivity contribution in [3.8, 4) is 11.1 Å². The van der Waals surface area contributed by atoms with Crippen molar-refractivity contribution >= 4 is 29.1 Å². The fourth-order valence-corrected chi connectivity index (χ4v) is 6.49. The third-order valence-electron chi connectivity index (χ3n) is 6.59. The molecule has 2 aromatic rings. The summed E-state index contributed by atoms with van der Waals surface area (Å²) in [7, 11) is 0. The largest absolute Gasteiger partial charge is 0.357 e. The number of hydrogen-bond acceptors (Lipinski definition) is 1. The molecule has 0 radical (unpaired) electrons. The molecule has 3 nitrogen and oxygen atoms in total. The van der Waals surface area contributed by atoms with Crippen molar-refractivity contribution in [3.05, 3.63) is 46.2 Å². The normalized spacial score (nSPS) is 32.0. The Morgan fingerprint density at radius 1 is 1.04 bits per heavy atom. The number of aromatic amines is 1. The molecular weight excluding hydrogens is 367 g/mol. The molecule has 4 fully saturated rings. The fraction of sp³-hybridized carbons (Fsp3) is 0.476. The molecule has 1 heterocycles. The first-order chi connectivity index (χ1) is 12.5. The van der Waals surface area contributed by atoms with Crippen LogP contribution >= 0.6 is 23.2 Å². The van der Waals surface area contributed by atoms with Crippen molar-refractivity contribution in [2.75, 3.05) is 0 Å². The molecule has 4 aliphatic carbocycles. The highest BCUT2D eigenvalue weighted by Gasteiger charge is 2.51. The van der Waals surface area contributed by atoms with Crippen molar-refractivity contribution < 1.29 is 4.79 Å². The van der Waals surface area contributed by atoms with Gasteiger partial charge < -0.3 is 10.3 Å². The van der Waals surface area contributed by atoms with Crippen LogP contribution in [-0.2, 0) is 0 Å². The first-order valence-corrected chi connectivity index (χ1v) is 10.2. The Morgan fingerprint density at radius 3 is 2.31 bits per heavy atom. The van der Waals surface area contributed by atoms with E-state index in [4.69, 9.17) is 23.2 Å². The van der Waals surface area contributed by atoms with Crippen LogP contribution in [0.4, 0.5) is 0 Å². The van der Waals surface area contributed by atoms with E-state index in [-0.39, 0.29) is 11.4 Å². The van der Waals surface area contributed by atoms with E-state index in [2.05, 4.69) is 10.3 Å². The maximum Gasteiger partial charge on any atom is 0.268 e. The Hall–Kier alpha value is -1.45. The molecule has 26 heavy (non-hydrogen) atoms. The lowest BCUT2D eigenvalue weighted by molar-refractivity contribution is -0.0167. The molecule has 4 bridgehead atoms. The van der Waals surface area contributed by atoms with Crippen LogP contribution in [0.15, 0.2) is 30.5 Å². The summed E-state index contributed by atoms with van der Waals surface area (Å²) < 4.78 is 0. The Kier molecular flexibility index (Phi) is 3.88. The second kappa shape index (κ2) is 6.03. The Bertz CT molecular complexity index is 837. The number of nitrogens with one attached hydrogen (secondary N) is 2. The van der Waals surface area contributed by atoms with Gasteiger partial charge in [0.1, 0.15) is 5.69 Å². The summed E-state index contributed by atoms with van der Waals surface area (Å²) in [6, 6.07) is 7.30. The standard InChI is InChI=1S/C21H22Cl2N2O/c22-16-1-2-17(18(23)7-16)15-6-19(24-11-15)20(26)25-21-8-12-3-13(9-21)5-14(4-12)10-21/h1-2,6-7,11-14,24H,3-5,8-10H2,(H,25,26). The predicted molar refractivity (Wildman–Crippen MR) is 105 cm³/mol. The maximum absolute atomic E-state index is 12.9. The average Bonchev–Trinajstić information content (AvgIpc) is 3.03. The summed E-state index contributed by atoms with van der Waals surface area (Å²) in [5.41, 5.74) is 2.40. The zero-order valence-corrected chi connectivity index (χ0v) is 16.0. The van der Waals surface area contributed by atoms with Gasteiger partial charge in [0, 0.05) is 32.9 Å². The molecule has 0 spiro atoms. The summed E-state index contributed by atoms with van der Waals surface area (Å²) in [5.74, 6) is 2.44. The van der Waals surface area contributed by atoms with E-state index in [1.54, 1.807) is 6.07 Å². The van der Waals surface area contributed by atoms with Crippen LogP contribution in [0.3, 0.4) is 0 Å². The predicted octanol–water partition coefficient (Wildman–Crippen LogP) is 5.69. The Labute approximate surface area is 163 Å². The molecule has 0 aliphatic heterocycles. The molecule has 5 heteroatoms. The fourth-order valence-electron chi connectivity index (χ4n) is 5.98. The number of H-pyrrole nitrogens is 1. The average molecular weight is 389 g/mol. The quantitative estimate of drug-likeness (QED) is 0.696. The van der Waals surface area contributed by atoms with Crippen molar-refractivity contribution in [1.29, 1.82) is 0 Å². The van der Waals surface area contributed by atoms with E-state index in [1.807, 2.05) is 24.4 Å². The summed E-state index contributed by atoms with van der Waals surface area (Å²) in [5, 5.41) is 4.60. The van der Waals surface area contributed by atoms with Crippen molar-refractivity contribution in [2.45, 2.75) is 44.1 Å². The van der Waals surface area contributed by atoms with Gasteiger partial charge in [-0.2, -0.15) is 0 Å². The van der Waals surface area contributed by atoms with Crippen LogP contribution in [0.5, 0.6) is 0 Å². The minimum absolute atomic E-state index is 0.00304. The smallest absolute Gasteiger partial charge is 0.268 e. The van der Waals surface area contributed by atoms with E-state index in [0.717, 1.165) is 48.1 Å². The van der Waals surface area contributed by atoms with Gasteiger partial charge in [0.15, 0.2) is 0 Å². The molecule has 0 saturated heterocycles. The second-order valence-electron chi connectivity index (χ2n) is 8.58. The van der Waals surface area contributed by atoms with Gasteiger partial charge in [0.05, 0.1) is 0 Å². The first kappa shape index (κ1) is 16.7. The van der Waals surface area contributed by atoms with E-state index >= 15 is 0 Å². The van der Waals surface area contributed by atoms with Crippen LogP contribution in [-0.4, -0.2) is 16.4 Å². The van der Waals surface area contributed by atoms with E-state index in [9.17, 15) is 4.79 Å². The Morgan fingerprint density at radius 2 is 1.69 bits per heavy atom. The summed E-state index contributed by atoms with van der Waals surface area (Å²) in [6.45, 7) is 0. The minimum atomic E-state index is 0.00304. The molecule has 0 unspecified atom stereocenters. The van der Waals surface area contributed by atoms with E-state index in [0.29, 0.717) is 15.7 Å². The highest BCUT2D eigenvalue weighted by Crippen LogP contribution is 2.55. The maximum atomic E-state index is 12.9. The molecule has 1 aromatic heterocycles. The minimum Gasteiger partial charge on any atom is -0.357 e. The van der Waals surface area contributed by atoms with E-state index in [1.165, 1.54) is 19.3 Å². The molecule has 6 rings (SSSR count). The summed E-state index contributed by atoms with van der Waals surface area (Å²) in [6.07, 6.45) is 9.41. The number of carbonyl (C=O) groups is 1. The summed E-state index contributed by atoms with van der Waals surface area (Å²) >= 11 is 12.3. The molecule has 4 aliphatic rings. The van der Waals surface area contributed by atoms with Crippen LogP contribution < -0.4 is 5.32 Å². The number of halogens is 2. The summed E-state index contributed by atoms with van der Waals surface area (Å²) in [4.78, 5) is 16.0. The van der Waals surface area contributed by atoms with Gasteiger partial charge in [0.2, 0.25) is 0 Å². The van der Waals surface area contributed by atoms with Crippen LogP contribution in [0.2, 0.25) is 10.0 Å². The lowest BCUT2D eigenvalue weighted by Gasteiger charge is -2.56. The van der Waals surface area contributed by atoms with E-state index < -0.39 is 0 Å². The second-order valence-corrected chi connectivity index (χ2v) is 9.42. The lowest BCUT2D eigenvalue weighted by atomic mass is 9.53.